The lowest BCUT2D eigenvalue weighted by atomic mass is 9.92. The molecule has 1 aliphatic rings. The summed E-state index contributed by atoms with van der Waals surface area (Å²) in [6, 6.07) is 14.5. The van der Waals surface area contributed by atoms with E-state index >= 15 is 0 Å². The van der Waals surface area contributed by atoms with Crippen LogP contribution in [0.25, 0.3) is 27.9 Å². The highest BCUT2D eigenvalue weighted by atomic mass is 19.1. The van der Waals surface area contributed by atoms with Crippen LogP contribution in [0.5, 0.6) is 5.75 Å². The predicted octanol–water partition coefficient (Wildman–Crippen LogP) is 7.35. The molecule has 2 aromatic heterocycles. The van der Waals surface area contributed by atoms with Gasteiger partial charge in [0.15, 0.2) is 0 Å². The minimum absolute atomic E-state index is 0.166. The van der Waals surface area contributed by atoms with Gasteiger partial charge in [-0.05, 0) is 80.1 Å². The molecule has 0 unspecified atom stereocenters. The average Bonchev–Trinajstić information content (AvgIpc) is 3.45. The van der Waals surface area contributed by atoms with Gasteiger partial charge in [0.05, 0.1) is 49.2 Å². The van der Waals surface area contributed by atoms with Crippen molar-refractivity contribution in [3.63, 3.8) is 0 Å². The average molecular weight is 598 g/mol. The molecule has 0 bridgehead atoms. The Hall–Kier alpha value is -4.43. The zero-order valence-corrected chi connectivity index (χ0v) is 25.8. The molecular weight excluding hydrogens is 557 g/mol. The van der Waals surface area contributed by atoms with E-state index in [0.717, 1.165) is 65.1 Å². The van der Waals surface area contributed by atoms with Crippen LogP contribution < -0.4 is 9.64 Å². The highest BCUT2D eigenvalue weighted by Gasteiger charge is 2.33. The molecule has 7 nitrogen and oxygen atoms in total. The molecule has 44 heavy (non-hydrogen) atoms. The van der Waals surface area contributed by atoms with Crippen molar-refractivity contribution >= 4 is 17.2 Å². The Morgan fingerprint density at radius 2 is 1.86 bits per heavy atom. The second kappa shape index (κ2) is 13.5. The van der Waals surface area contributed by atoms with Gasteiger partial charge in [0.1, 0.15) is 11.6 Å². The van der Waals surface area contributed by atoms with Gasteiger partial charge in [0.2, 0.25) is 0 Å². The van der Waals surface area contributed by atoms with E-state index in [-0.39, 0.29) is 23.8 Å². The summed E-state index contributed by atoms with van der Waals surface area (Å²) in [7, 11) is 1.41. The van der Waals surface area contributed by atoms with Crippen LogP contribution in [-0.4, -0.2) is 54.6 Å². The van der Waals surface area contributed by atoms with E-state index in [4.69, 9.17) is 19.3 Å². The Balaban J connectivity index is 1.55. The molecule has 0 amide bonds. The van der Waals surface area contributed by atoms with Gasteiger partial charge in [0.25, 0.3) is 0 Å². The van der Waals surface area contributed by atoms with Crippen molar-refractivity contribution in [2.45, 2.75) is 45.1 Å². The molecule has 4 aromatic rings. The zero-order chi connectivity index (χ0) is 31.3. The van der Waals surface area contributed by atoms with E-state index in [0.29, 0.717) is 30.9 Å². The van der Waals surface area contributed by atoms with Gasteiger partial charge < -0.3 is 19.1 Å². The van der Waals surface area contributed by atoms with Crippen LogP contribution in [0.1, 0.15) is 37.3 Å². The Morgan fingerprint density at radius 3 is 2.59 bits per heavy atom. The maximum atomic E-state index is 14.4. The molecule has 0 atom stereocenters. The third-order valence-corrected chi connectivity index (χ3v) is 8.28. The van der Waals surface area contributed by atoms with Crippen molar-refractivity contribution in [2.24, 2.45) is 0 Å². The van der Waals surface area contributed by atoms with Gasteiger partial charge >= 0.3 is 5.97 Å². The largest absolute Gasteiger partial charge is 0.493 e. The first-order valence-electron chi connectivity index (χ1n) is 15.0. The lowest BCUT2D eigenvalue weighted by molar-refractivity contribution is -0.139. The number of benzene rings is 2. The van der Waals surface area contributed by atoms with Crippen molar-refractivity contribution in [1.29, 1.82) is 0 Å². The number of halogens is 1. The van der Waals surface area contributed by atoms with Crippen LogP contribution in [0.3, 0.4) is 0 Å². The quantitative estimate of drug-likeness (QED) is 0.0967. The Bertz CT molecular complexity index is 1670. The van der Waals surface area contributed by atoms with Crippen LogP contribution in [0, 0.1) is 12.7 Å². The number of pyridine rings is 1. The Kier molecular flexibility index (Phi) is 9.49. The third-order valence-electron chi connectivity index (χ3n) is 8.28. The molecule has 1 fully saturated rings. The monoisotopic (exact) mass is 597 g/mol. The first-order chi connectivity index (χ1) is 21.2. The molecule has 0 N–H and O–H groups in total. The first kappa shape index (κ1) is 31.0. The molecule has 8 heteroatoms. The van der Waals surface area contributed by atoms with Crippen molar-refractivity contribution in [3.8, 4) is 28.1 Å². The normalized spacial score (nSPS) is 14.4. The van der Waals surface area contributed by atoms with Gasteiger partial charge in [-0.25, -0.2) is 8.91 Å². The molecule has 0 spiro atoms. The number of piperidine rings is 1. The molecule has 1 saturated heterocycles. The number of hydrogen-bond donors (Lipinski definition) is 0. The molecule has 0 radical (unpaired) electrons. The molecule has 0 aliphatic carbocycles. The lowest BCUT2D eigenvalue weighted by Crippen LogP contribution is -2.45. The van der Waals surface area contributed by atoms with Crippen molar-refractivity contribution < 1.29 is 23.4 Å². The minimum atomic E-state index is -0.333. The number of carbonyl (C=O) groups is 1. The fourth-order valence-electron chi connectivity index (χ4n) is 5.77. The number of hydrogen-bond acceptors (Lipinski definition) is 6. The highest BCUT2D eigenvalue weighted by Crippen LogP contribution is 2.38. The number of aryl methyl sites for hydroxylation is 1. The number of fused-ring (bicyclic) bond motifs is 1. The van der Waals surface area contributed by atoms with Crippen molar-refractivity contribution in [1.82, 2.24) is 9.61 Å². The molecule has 2 aromatic carbocycles. The Morgan fingerprint density at radius 1 is 1.09 bits per heavy atom. The molecule has 230 valence electrons. The second-order valence-corrected chi connectivity index (χ2v) is 11.4. The fraction of sp³-hybridized carbons (Fsp3) is 0.333. The highest BCUT2D eigenvalue weighted by molar-refractivity contribution is 5.86. The summed E-state index contributed by atoms with van der Waals surface area (Å²) < 4.78 is 33.4. The summed E-state index contributed by atoms with van der Waals surface area (Å²) in [5.74, 6) is -0.0107. The summed E-state index contributed by atoms with van der Waals surface area (Å²) in [6.45, 7) is 14.2. The van der Waals surface area contributed by atoms with Gasteiger partial charge in [-0.15, -0.1) is 13.2 Å². The molecule has 1 aliphatic heterocycles. The predicted molar refractivity (Wildman–Crippen MR) is 173 cm³/mol. The van der Waals surface area contributed by atoms with Gasteiger partial charge in [-0.2, -0.15) is 5.10 Å². The SMILES string of the molecule is C=CCCOc1ccc(F)cc1-c1cccc(-c2cc3c(N4CCC(C)(OCC=C)CC4)c(CC(=O)OC)c(C)cn3n2)c1. The van der Waals surface area contributed by atoms with Gasteiger partial charge in [0, 0.05) is 30.4 Å². The molecule has 0 saturated carbocycles. The number of anilines is 1. The van der Waals surface area contributed by atoms with Crippen LogP contribution in [0.4, 0.5) is 10.1 Å². The lowest BCUT2D eigenvalue weighted by Gasteiger charge is -2.41. The molecular formula is C36H40FN3O4. The van der Waals surface area contributed by atoms with E-state index in [9.17, 15) is 9.18 Å². The topological polar surface area (TPSA) is 65.3 Å². The minimum Gasteiger partial charge on any atom is -0.493 e. The molecule has 5 rings (SSSR count). The number of aromatic nitrogens is 2. The number of nitrogens with zero attached hydrogens (tertiary/aromatic N) is 3. The third kappa shape index (κ3) is 6.70. The first-order valence-corrected chi connectivity index (χ1v) is 15.0. The number of methoxy groups -OCH3 is 1. The standard InChI is InChI=1S/C36H40FN3O4/c1-6-8-19-43-33-13-12-28(37)21-30(33)26-10-9-11-27(20-26)31-23-32-35(39-16-14-36(4,15-17-39)44-18-7-2)29(22-34(41)42-5)25(3)24-40(32)38-31/h6-7,9-13,20-21,23-24H,1-2,8,14-19,22H2,3-5H3. The van der Waals surface area contributed by atoms with Crippen molar-refractivity contribution in [3.05, 3.63) is 97.0 Å². The number of ether oxygens (including phenoxy) is 3. The summed E-state index contributed by atoms with van der Waals surface area (Å²) in [5, 5.41) is 4.97. The summed E-state index contributed by atoms with van der Waals surface area (Å²) in [6.07, 6.45) is 8.07. The van der Waals surface area contributed by atoms with Crippen LogP contribution in [0.15, 0.2) is 80.0 Å². The Labute approximate surface area is 258 Å². The van der Waals surface area contributed by atoms with E-state index in [1.165, 1.54) is 19.2 Å². The van der Waals surface area contributed by atoms with Crippen molar-refractivity contribution in [2.75, 3.05) is 38.3 Å². The zero-order valence-electron chi connectivity index (χ0n) is 25.8. The van der Waals surface area contributed by atoms with E-state index in [2.05, 4.69) is 31.0 Å². The van der Waals surface area contributed by atoms with Gasteiger partial charge in [-0.1, -0.05) is 30.4 Å². The summed E-state index contributed by atoms with van der Waals surface area (Å²) >= 11 is 0. The van der Waals surface area contributed by atoms with Crippen LogP contribution in [0.2, 0.25) is 0 Å². The maximum absolute atomic E-state index is 14.4. The smallest absolute Gasteiger partial charge is 0.310 e. The maximum Gasteiger partial charge on any atom is 0.310 e. The number of rotatable bonds is 12. The second-order valence-electron chi connectivity index (χ2n) is 11.4. The summed E-state index contributed by atoms with van der Waals surface area (Å²) in [5.41, 5.74) is 6.70. The molecule has 3 heterocycles. The van der Waals surface area contributed by atoms with E-state index in [1.54, 1.807) is 18.2 Å². The van der Waals surface area contributed by atoms with E-state index < -0.39 is 0 Å². The fourth-order valence-corrected chi connectivity index (χ4v) is 5.77. The van der Waals surface area contributed by atoms with Crippen LogP contribution >= 0.6 is 0 Å². The van der Waals surface area contributed by atoms with Gasteiger partial charge in [-0.3, -0.25) is 4.79 Å². The number of esters is 1. The number of carbonyl (C=O) groups excluding carboxylic acids is 1. The van der Waals surface area contributed by atoms with E-state index in [1.807, 2.05) is 41.9 Å². The summed E-state index contributed by atoms with van der Waals surface area (Å²) in [4.78, 5) is 14.9. The van der Waals surface area contributed by atoms with Crippen LogP contribution in [-0.2, 0) is 20.7 Å².